The lowest BCUT2D eigenvalue weighted by molar-refractivity contribution is -0.153. The lowest BCUT2D eigenvalue weighted by Gasteiger charge is -2.16. The van der Waals surface area contributed by atoms with Crippen molar-refractivity contribution in [2.24, 2.45) is 0 Å². The first-order valence-corrected chi connectivity index (χ1v) is 6.21. The summed E-state index contributed by atoms with van der Waals surface area (Å²) >= 11 is 0. The zero-order chi connectivity index (χ0) is 14.2. The van der Waals surface area contributed by atoms with Gasteiger partial charge < -0.3 is 19.3 Å². The van der Waals surface area contributed by atoms with Crippen molar-refractivity contribution in [3.63, 3.8) is 0 Å². The van der Waals surface area contributed by atoms with Crippen LogP contribution in [0.1, 0.15) is 38.0 Å². The molecule has 1 atom stereocenters. The van der Waals surface area contributed by atoms with Crippen LogP contribution in [0, 0.1) is 6.92 Å². The van der Waals surface area contributed by atoms with Gasteiger partial charge in [0.25, 0.3) is 0 Å². The van der Waals surface area contributed by atoms with E-state index in [1.165, 1.54) is 0 Å². The molecule has 0 amide bonds. The van der Waals surface area contributed by atoms with Crippen LogP contribution in [0.5, 0.6) is 11.5 Å². The van der Waals surface area contributed by atoms with Gasteiger partial charge in [0, 0.05) is 13.8 Å². The van der Waals surface area contributed by atoms with Crippen LogP contribution in [-0.4, -0.2) is 23.5 Å². The van der Waals surface area contributed by atoms with Crippen LogP contribution < -0.4 is 9.47 Å². The number of aryl methyl sites for hydroxylation is 1. The molecule has 2 rings (SSSR count). The van der Waals surface area contributed by atoms with Crippen molar-refractivity contribution in [2.45, 2.75) is 39.6 Å². The van der Waals surface area contributed by atoms with E-state index in [0.717, 1.165) is 5.56 Å². The molecule has 1 aliphatic rings. The van der Waals surface area contributed by atoms with Crippen molar-refractivity contribution >= 4 is 5.97 Å². The first-order valence-electron chi connectivity index (χ1n) is 6.21. The molecule has 1 unspecified atom stereocenters. The maximum atomic E-state index is 11.6. The van der Waals surface area contributed by atoms with Crippen molar-refractivity contribution in [3.05, 3.63) is 23.3 Å². The summed E-state index contributed by atoms with van der Waals surface area (Å²) in [6, 6.07) is 3.38. The van der Waals surface area contributed by atoms with Crippen LogP contribution in [0.25, 0.3) is 0 Å². The minimum atomic E-state index is -1.31. The predicted octanol–water partition coefficient (Wildman–Crippen LogP) is 2.10. The molecule has 0 fully saturated rings. The van der Waals surface area contributed by atoms with E-state index in [4.69, 9.17) is 14.2 Å². The molecule has 5 nitrogen and oxygen atoms in total. The highest BCUT2D eigenvalue weighted by molar-refractivity contribution is 5.77. The number of benzene rings is 1. The van der Waals surface area contributed by atoms with Crippen molar-refractivity contribution in [1.29, 1.82) is 0 Å². The standard InChI is InChI=1S/C14H18O5/c1-5-17-13(16)12(15)9-7-11-10(6-8(9)2)18-14(3,4)19-11/h6-7,12,15H,5H2,1-4H3. The summed E-state index contributed by atoms with van der Waals surface area (Å²) in [6.45, 7) is 7.31. The molecule has 0 radical (unpaired) electrons. The van der Waals surface area contributed by atoms with Crippen molar-refractivity contribution in [2.75, 3.05) is 6.61 Å². The third kappa shape index (κ3) is 2.66. The molecule has 104 valence electrons. The van der Waals surface area contributed by atoms with Gasteiger partial charge in [-0.2, -0.15) is 0 Å². The summed E-state index contributed by atoms with van der Waals surface area (Å²) in [7, 11) is 0. The Balaban J connectivity index is 2.32. The maximum absolute atomic E-state index is 11.6. The summed E-state index contributed by atoms with van der Waals surface area (Å²) in [5.74, 6) is -0.262. The third-order valence-corrected chi connectivity index (χ3v) is 2.85. The van der Waals surface area contributed by atoms with E-state index in [1.807, 2.05) is 0 Å². The van der Waals surface area contributed by atoms with Gasteiger partial charge in [0.1, 0.15) is 0 Å². The molecule has 0 aliphatic carbocycles. The Morgan fingerprint density at radius 3 is 2.53 bits per heavy atom. The SMILES string of the molecule is CCOC(=O)C(O)c1cc2c(cc1C)OC(C)(C)O2. The van der Waals surface area contributed by atoms with E-state index in [0.29, 0.717) is 17.1 Å². The highest BCUT2D eigenvalue weighted by Crippen LogP contribution is 2.42. The molecule has 0 saturated heterocycles. The molecular weight excluding hydrogens is 248 g/mol. The lowest BCUT2D eigenvalue weighted by Crippen LogP contribution is -2.29. The summed E-state index contributed by atoms with van der Waals surface area (Å²) in [4.78, 5) is 11.6. The third-order valence-electron chi connectivity index (χ3n) is 2.85. The van der Waals surface area contributed by atoms with Gasteiger partial charge in [0.2, 0.25) is 5.79 Å². The quantitative estimate of drug-likeness (QED) is 0.849. The van der Waals surface area contributed by atoms with Crippen LogP contribution in [0.15, 0.2) is 12.1 Å². The van der Waals surface area contributed by atoms with Gasteiger partial charge in [-0.05, 0) is 37.1 Å². The van der Waals surface area contributed by atoms with E-state index < -0.39 is 17.9 Å². The van der Waals surface area contributed by atoms with Crippen LogP contribution in [0.3, 0.4) is 0 Å². The topological polar surface area (TPSA) is 65.0 Å². The monoisotopic (exact) mass is 266 g/mol. The zero-order valence-electron chi connectivity index (χ0n) is 11.5. The predicted molar refractivity (Wildman–Crippen MR) is 68.1 cm³/mol. The number of esters is 1. The molecule has 5 heteroatoms. The molecule has 1 aliphatic heterocycles. The number of aliphatic hydroxyl groups is 1. The Hall–Kier alpha value is -1.75. The van der Waals surface area contributed by atoms with Gasteiger partial charge >= 0.3 is 5.97 Å². The fourth-order valence-electron chi connectivity index (χ4n) is 2.03. The molecule has 1 N–H and O–H groups in total. The minimum absolute atomic E-state index is 0.229. The van der Waals surface area contributed by atoms with Gasteiger partial charge in [0.15, 0.2) is 17.6 Å². The molecule has 1 aromatic carbocycles. The average molecular weight is 266 g/mol. The van der Waals surface area contributed by atoms with Gasteiger partial charge in [-0.15, -0.1) is 0 Å². The van der Waals surface area contributed by atoms with E-state index >= 15 is 0 Å². The fourth-order valence-corrected chi connectivity index (χ4v) is 2.03. The Morgan fingerprint density at radius 2 is 1.95 bits per heavy atom. The molecule has 0 spiro atoms. The second kappa shape index (κ2) is 4.74. The lowest BCUT2D eigenvalue weighted by atomic mass is 10.0. The number of carbonyl (C=O) groups is 1. The average Bonchev–Trinajstić information content (AvgIpc) is 2.60. The molecule has 0 bridgehead atoms. The normalized spacial score (nSPS) is 17.1. The van der Waals surface area contributed by atoms with Crippen LogP contribution in [0.4, 0.5) is 0 Å². The van der Waals surface area contributed by atoms with Crippen LogP contribution >= 0.6 is 0 Å². The highest BCUT2D eigenvalue weighted by atomic mass is 16.7. The molecule has 19 heavy (non-hydrogen) atoms. The number of hydrogen-bond acceptors (Lipinski definition) is 5. The van der Waals surface area contributed by atoms with E-state index in [1.54, 1.807) is 39.8 Å². The van der Waals surface area contributed by atoms with Crippen LogP contribution in [-0.2, 0) is 9.53 Å². The van der Waals surface area contributed by atoms with Gasteiger partial charge in [-0.25, -0.2) is 4.79 Å². The van der Waals surface area contributed by atoms with Crippen molar-refractivity contribution < 1.29 is 24.1 Å². The summed E-state index contributed by atoms with van der Waals surface area (Å²) in [5.41, 5.74) is 1.22. The zero-order valence-corrected chi connectivity index (χ0v) is 11.5. The molecule has 0 saturated carbocycles. The number of rotatable bonds is 3. The van der Waals surface area contributed by atoms with Crippen molar-refractivity contribution in [1.82, 2.24) is 0 Å². The maximum Gasteiger partial charge on any atom is 0.339 e. The number of aliphatic hydroxyl groups excluding tert-OH is 1. The number of carbonyl (C=O) groups excluding carboxylic acids is 1. The smallest absolute Gasteiger partial charge is 0.339 e. The first-order chi connectivity index (χ1) is 8.84. The van der Waals surface area contributed by atoms with Gasteiger partial charge in [-0.3, -0.25) is 0 Å². The van der Waals surface area contributed by atoms with Crippen LogP contribution in [0.2, 0.25) is 0 Å². The molecule has 1 heterocycles. The number of ether oxygens (including phenoxy) is 3. The summed E-state index contributed by atoms with van der Waals surface area (Å²) < 4.78 is 16.0. The first kappa shape index (κ1) is 13.7. The van der Waals surface area contributed by atoms with E-state index in [9.17, 15) is 9.90 Å². The Labute approximate surface area is 112 Å². The highest BCUT2D eigenvalue weighted by Gasteiger charge is 2.33. The largest absolute Gasteiger partial charge is 0.464 e. The summed E-state index contributed by atoms with van der Waals surface area (Å²) in [6.07, 6.45) is -1.31. The van der Waals surface area contributed by atoms with Gasteiger partial charge in [-0.1, -0.05) is 0 Å². The van der Waals surface area contributed by atoms with Gasteiger partial charge in [0.05, 0.1) is 6.61 Å². The Morgan fingerprint density at radius 1 is 1.37 bits per heavy atom. The van der Waals surface area contributed by atoms with E-state index in [-0.39, 0.29) is 6.61 Å². The summed E-state index contributed by atoms with van der Waals surface area (Å²) in [5, 5.41) is 9.99. The second-order valence-corrected chi connectivity index (χ2v) is 4.91. The van der Waals surface area contributed by atoms with Crippen molar-refractivity contribution in [3.8, 4) is 11.5 Å². The number of fused-ring (bicyclic) bond motifs is 1. The molecule has 1 aromatic rings. The number of hydrogen-bond donors (Lipinski definition) is 1. The Kier molecular flexibility index (Phi) is 3.41. The fraction of sp³-hybridized carbons (Fsp3) is 0.500. The second-order valence-electron chi connectivity index (χ2n) is 4.91. The Bertz CT molecular complexity index is 507. The minimum Gasteiger partial charge on any atom is -0.464 e. The molecular formula is C14H18O5. The molecule has 0 aromatic heterocycles. The van der Waals surface area contributed by atoms with E-state index in [2.05, 4.69) is 0 Å².